The molecule has 0 spiro atoms. The normalized spacial score (nSPS) is 11.7. The molecule has 1 aromatic rings. The minimum atomic E-state index is -2.17. The Kier molecular flexibility index (Phi) is 6.90. The molecule has 0 radical (unpaired) electrons. The molecule has 0 aromatic heterocycles. The SMILES string of the molecule is CC(C)(C)c1cc(CO)cc(C(C)(C)C)c1O.OB(O)O. The summed E-state index contributed by atoms with van der Waals surface area (Å²) in [6, 6.07) is 3.79. The van der Waals surface area contributed by atoms with Crippen LogP contribution in [-0.2, 0) is 17.4 Å². The number of benzene rings is 1. The number of phenols is 1. The molecule has 0 aliphatic carbocycles. The molecule has 6 heteroatoms. The van der Waals surface area contributed by atoms with Crippen LogP contribution in [0.15, 0.2) is 12.1 Å². The Labute approximate surface area is 127 Å². The van der Waals surface area contributed by atoms with Crippen LogP contribution < -0.4 is 0 Å². The van der Waals surface area contributed by atoms with E-state index in [9.17, 15) is 10.2 Å². The summed E-state index contributed by atoms with van der Waals surface area (Å²) in [7, 11) is -2.17. The maximum Gasteiger partial charge on any atom is 0.631 e. The van der Waals surface area contributed by atoms with Crippen molar-refractivity contribution in [2.75, 3.05) is 0 Å². The van der Waals surface area contributed by atoms with Gasteiger partial charge in [0.25, 0.3) is 0 Å². The first-order valence-corrected chi connectivity index (χ1v) is 6.82. The van der Waals surface area contributed by atoms with E-state index in [-0.39, 0.29) is 17.4 Å². The fourth-order valence-corrected chi connectivity index (χ4v) is 1.93. The Balaban J connectivity index is 0.000000885. The van der Waals surface area contributed by atoms with Gasteiger partial charge >= 0.3 is 7.32 Å². The summed E-state index contributed by atoms with van der Waals surface area (Å²) < 4.78 is 0. The molecule has 5 nitrogen and oxygen atoms in total. The minimum Gasteiger partial charge on any atom is -0.507 e. The van der Waals surface area contributed by atoms with E-state index >= 15 is 0 Å². The molecule has 1 rings (SSSR count). The molecule has 21 heavy (non-hydrogen) atoms. The van der Waals surface area contributed by atoms with Gasteiger partial charge in [-0.3, -0.25) is 0 Å². The van der Waals surface area contributed by atoms with E-state index in [4.69, 9.17) is 15.1 Å². The van der Waals surface area contributed by atoms with Gasteiger partial charge in [0.2, 0.25) is 0 Å². The molecule has 120 valence electrons. The first kappa shape index (κ1) is 19.9. The second-order valence-electron chi connectivity index (χ2n) is 7.04. The Morgan fingerprint density at radius 2 is 1.14 bits per heavy atom. The van der Waals surface area contributed by atoms with Crippen molar-refractivity contribution >= 4 is 7.32 Å². The standard InChI is InChI=1S/C15H24O2.BH3O3/c1-14(2,3)11-7-10(9-16)8-12(13(11)17)15(4,5)6;2-1(3)4/h7-8,16-17H,9H2,1-6H3;2-4H. The fourth-order valence-electron chi connectivity index (χ4n) is 1.93. The molecule has 0 saturated carbocycles. The molecule has 0 aliphatic heterocycles. The van der Waals surface area contributed by atoms with Gasteiger partial charge in [0.05, 0.1) is 6.61 Å². The highest BCUT2D eigenvalue weighted by molar-refractivity contribution is 6.30. The van der Waals surface area contributed by atoms with Crippen molar-refractivity contribution < 1.29 is 25.3 Å². The van der Waals surface area contributed by atoms with Gasteiger partial charge in [0.15, 0.2) is 0 Å². The van der Waals surface area contributed by atoms with Crippen molar-refractivity contribution in [3.05, 3.63) is 28.8 Å². The predicted octanol–water partition coefficient (Wildman–Crippen LogP) is 1.43. The predicted molar refractivity (Wildman–Crippen MR) is 83.8 cm³/mol. The van der Waals surface area contributed by atoms with Crippen LogP contribution in [0.25, 0.3) is 0 Å². The van der Waals surface area contributed by atoms with E-state index in [1.165, 1.54) is 0 Å². The van der Waals surface area contributed by atoms with Crippen molar-refractivity contribution in [1.29, 1.82) is 0 Å². The average molecular weight is 298 g/mol. The quantitative estimate of drug-likeness (QED) is 0.505. The Morgan fingerprint density at radius 3 is 1.33 bits per heavy atom. The molecule has 0 fully saturated rings. The van der Waals surface area contributed by atoms with Crippen LogP contribution in [0.4, 0.5) is 0 Å². The van der Waals surface area contributed by atoms with Crippen LogP contribution >= 0.6 is 0 Å². The first-order chi connectivity index (χ1) is 9.30. The van der Waals surface area contributed by atoms with Crippen molar-refractivity contribution in [1.82, 2.24) is 0 Å². The topological polar surface area (TPSA) is 101 Å². The smallest absolute Gasteiger partial charge is 0.507 e. The largest absolute Gasteiger partial charge is 0.631 e. The maximum atomic E-state index is 10.4. The molecular formula is C15H27BO5. The van der Waals surface area contributed by atoms with E-state index in [1.54, 1.807) is 0 Å². The van der Waals surface area contributed by atoms with Gasteiger partial charge in [-0.2, -0.15) is 0 Å². The third-order valence-electron chi connectivity index (χ3n) is 2.97. The highest BCUT2D eigenvalue weighted by Gasteiger charge is 2.26. The summed E-state index contributed by atoms with van der Waals surface area (Å²) in [6.07, 6.45) is 0. The minimum absolute atomic E-state index is 0.00639. The summed E-state index contributed by atoms with van der Waals surface area (Å²) in [5.74, 6) is 0.363. The maximum absolute atomic E-state index is 10.4. The summed E-state index contributed by atoms with van der Waals surface area (Å²) in [5, 5.41) is 41.2. The van der Waals surface area contributed by atoms with E-state index in [0.717, 1.165) is 16.7 Å². The van der Waals surface area contributed by atoms with Crippen molar-refractivity contribution in [3.8, 4) is 5.75 Å². The van der Waals surface area contributed by atoms with Gasteiger partial charge in [-0.15, -0.1) is 0 Å². The number of phenolic OH excluding ortho intramolecular Hbond substituents is 1. The van der Waals surface area contributed by atoms with Crippen LogP contribution in [0.2, 0.25) is 0 Å². The Morgan fingerprint density at radius 1 is 0.857 bits per heavy atom. The van der Waals surface area contributed by atoms with Crippen LogP contribution in [0.3, 0.4) is 0 Å². The fraction of sp³-hybridized carbons (Fsp3) is 0.600. The van der Waals surface area contributed by atoms with Crippen molar-refractivity contribution in [2.24, 2.45) is 0 Å². The van der Waals surface area contributed by atoms with Gasteiger partial charge in [-0.1, -0.05) is 41.5 Å². The molecule has 0 aliphatic rings. The lowest BCUT2D eigenvalue weighted by molar-refractivity contribution is 0.278. The van der Waals surface area contributed by atoms with Crippen LogP contribution in [0.1, 0.15) is 58.2 Å². The van der Waals surface area contributed by atoms with Crippen molar-refractivity contribution in [2.45, 2.75) is 59.0 Å². The van der Waals surface area contributed by atoms with Gasteiger partial charge in [0.1, 0.15) is 5.75 Å². The summed E-state index contributed by atoms with van der Waals surface area (Å²) in [5.41, 5.74) is 2.39. The monoisotopic (exact) mass is 298 g/mol. The molecule has 5 N–H and O–H groups in total. The lowest BCUT2D eigenvalue weighted by atomic mass is 9.78. The summed E-state index contributed by atoms with van der Waals surface area (Å²) in [4.78, 5) is 0. The number of aliphatic hydroxyl groups is 1. The van der Waals surface area contributed by atoms with Crippen LogP contribution in [-0.4, -0.2) is 32.6 Å². The number of rotatable bonds is 1. The first-order valence-electron chi connectivity index (χ1n) is 6.82. The zero-order chi connectivity index (χ0) is 17.0. The van der Waals surface area contributed by atoms with Crippen LogP contribution in [0, 0.1) is 0 Å². The van der Waals surface area contributed by atoms with E-state index < -0.39 is 7.32 Å². The third-order valence-corrected chi connectivity index (χ3v) is 2.97. The van der Waals surface area contributed by atoms with Gasteiger partial charge < -0.3 is 25.3 Å². The zero-order valence-electron chi connectivity index (χ0n) is 13.7. The Bertz CT molecular complexity index is 420. The van der Waals surface area contributed by atoms with Crippen LogP contribution in [0.5, 0.6) is 5.75 Å². The highest BCUT2D eigenvalue weighted by Crippen LogP contribution is 2.39. The lowest BCUT2D eigenvalue weighted by Crippen LogP contribution is -2.17. The molecule has 0 amide bonds. The van der Waals surface area contributed by atoms with Gasteiger partial charge in [0, 0.05) is 0 Å². The lowest BCUT2D eigenvalue weighted by Gasteiger charge is -2.28. The second-order valence-corrected chi connectivity index (χ2v) is 7.04. The van der Waals surface area contributed by atoms with Gasteiger partial charge in [-0.25, -0.2) is 0 Å². The molecule has 0 saturated heterocycles. The van der Waals surface area contributed by atoms with E-state index in [1.807, 2.05) is 12.1 Å². The zero-order valence-corrected chi connectivity index (χ0v) is 13.7. The third kappa shape index (κ3) is 6.48. The van der Waals surface area contributed by atoms with Crippen molar-refractivity contribution in [3.63, 3.8) is 0 Å². The summed E-state index contributed by atoms with van der Waals surface area (Å²) in [6.45, 7) is 12.4. The molecular weight excluding hydrogens is 271 g/mol. The van der Waals surface area contributed by atoms with E-state index in [0.29, 0.717) is 5.75 Å². The van der Waals surface area contributed by atoms with Gasteiger partial charge in [-0.05, 0) is 39.7 Å². The van der Waals surface area contributed by atoms with E-state index in [2.05, 4.69) is 41.5 Å². The molecule has 0 unspecified atom stereocenters. The number of aromatic hydroxyl groups is 1. The molecule has 0 bridgehead atoms. The molecule has 0 atom stereocenters. The molecule has 1 aromatic carbocycles. The molecule has 0 heterocycles. The number of hydrogen-bond acceptors (Lipinski definition) is 5. The summed E-state index contributed by atoms with van der Waals surface area (Å²) >= 11 is 0. The Hall–Kier alpha value is -1.08. The highest BCUT2D eigenvalue weighted by atomic mass is 16.5. The second kappa shape index (κ2) is 7.27. The average Bonchev–Trinajstić information content (AvgIpc) is 2.25. The number of aliphatic hydroxyl groups excluding tert-OH is 1. The number of hydrogen-bond donors (Lipinski definition) is 5.